The number of fused-ring (bicyclic) bond motifs is 1. The summed E-state index contributed by atoms with van der Waals surface area (Å²) in [4.78, 5) is 47.0. The van der Waals surface area contributed by atoms with Crippen molar-refractivity contribution in [3.8, 4) is 0 Å². The molecule has 1 unspecified atom stereocenters. The van der Waals surface area contributed by atoms with Gasteiger partial charge in [-0.1, -0.05) is 29.5 Å². The van der Waals surface area contributed by atoms with E-state index in [1.54, 1.807) is 6.07 Å². The van der Waals surface area contributed by atoms with Gasteiger partial charge < -0.3 is 5.11 Å². The number of aliphatic hydroxyl groups excluding tert-OH is 1. The van der Waals surface area contributed by atoms with E-state index < -0.39 is 28.4 Å². The number of aliphatic hydroxyl groups is 1. The van der Waals surface area contributed by atoms with Crippen LogP contribution >= 0.6 is 11.3 Å². The second kappa shape index (κ2) is 8.16. The van der Waals surface area contributed by atoms with E-state index in [1.165, 1.54) is 59.0 Å². The van der Waals surface area contributed by atoms with Crippen molar-refractivity contribution in [3.63, 3.8) is 0 Å². The lowest BCUT2D eigenvalue weighted by Gasteiger charge is -2.22. The van der Waals surface area contributed by atoms with Gasteiger partial charge in [-0.3, -0.25) is 29.6 Å². The van der Waals surface area contributed by atoms with Crippen molar-refractivity contribution in [3.05, 3.63) is 99.4 Å². The third-order valence-electron chi connectivity index (χ3n) is 5.53. The second-order valence-corrected chi connectivity index (χ2v) is 8.73. The number of thiazole rings is 1. The Labute approximate surface area is 196 Å². The Morgan fingerprint density at radius 3 is 2.62 bits per heavy atom. The van der Waals surface area contributed by atoms with E-state index in [1.807, 2.05) is 25.1 Å². The fourth-order valence-corrected chi connectivity index (χ4v) is 5.03. The number of amides is 1. The molecule has 0 bridgehead atoms. The monoisotopic (exact) mass is 472 g/mol. The number of ketones is 1. The van der Waals surface area contributed by atoms with Crippen LogP contribution in [-0.2, 0) is 9.59 Å². The maximum absolute atomic E-state index is 13.2. The summed E-state index contributed by atoms with van der Waals surface area (Å²) in [6, 6.07) is 13.2. The van der Waals surface area contributed by atoms with Crippen molar-refractivity contribution in [2.75, 3.05) is 4.90 Å². The van der Waals surface area contributed by atoms with Gasteiger partial charge in [0.15, 0.2) is 5.13 Å². The largest absolute Gasteiger partial charge is 0.507 e. The van der Waals surface area contributed by atoms with E-state index in [4.69, 9.17) is 0 Å². The van der Waals surface area contributed by atoms with Gasteiger partial charge in [-0.15, -0.1) is 0 Å². The third-order valence-corrected chi connectivity index (χ3v) is 6.55. The van der Waals surface area contributed by atoms with E-state index in [0.717, 1.165) is 10.3 Å². The number of carbonyl (C=O) groups is 2. The minimum atomic E-state index is -1.10. The topological polar surface area (TPSA) is 127 Å². The van der Waals surface area contributed by atoms with Crippen LogP contribution in [0, 0.1) is 17.0 Å². The Morgan fingerprint density at radius 1 is 1.12 bits per heavy atom. The number of pyridine rings is 1. The molecule has 0 aliphatic carbocycles. The molecule has 3 heterocycles. The molecule has 168 valence electrons. The van der Waals surface area contributed by atoms with Gasteiger partial charge in [0.1, 0.15) is 5.76 Å². The molecular weight excluding hydrogens is 456 g/mol. The SMILES string of the molecule is Cc1ccc2nc(N3C(=O)C(=O)/C(=C(/O)c4ccncc4)C3c3cccc([N+](=O)[O-])c3)sc2c1. The molecule has 1 aliphatic rings. The number of carbonyl (C=O) groups excluding carboxylic acids is 2. The molecular formula is C24H16N4O5S. The molecule has 34 heavy (non-hydrogen) atoms. The Kier molecular flexibility index (Phi) is 5.14. The molecule has 1 saturated heterocycles. The molecule has 2 aromatic heterocycles. The van der Waals surface area contributed by atoms with Gasteiger partial charge in [-0.25, -0.2) is 4.98 Å². The molecule has 10 heteroatoms. The molecule has 1 atom stereocenters. The first-order valence-electron chi connectivity index (χ1n) is 10.2. The van der Waals surface area contributed by atoms with Crippen molar-refractivity contribution in [1.82, 2.24) is 9.97 Å². The Balaban J connectivity index is 1.75. The number of nitro benzene ring substituents is 1. The first-order valence-corrected chi connectivity index (χ1v) is 11.0. The Morgan fingerprint density at radius 2 is 1.88 bits per heavy atom. The lowest BCUT2D eigenvalue weighted by molar-refractivity contribution is -0.384. The van der Waals surface area contributed by atoms with Crippen molar-refractivity contribution in [1.29, 1.82) is 0 Å². The Hall–Kier alpha value is -4.44. The van der Waals surface area contributed by atoms with Gasteiger partial charge in [-0.2, -0.15) is 0 Å². The summed E-state index contributed by atoms with van der Waals surface area (Å²) >= 11 is 1.23. The fourth-order valence-electron chi connectivity index (χ4n) is 3.94. The summed E-state index contributed by atoms with van der Waals surface area (Å²) in [6.07, 6.45) is 2.90. The quantitative estimate of drug-likeness (QED) is 0.152. The van der Waals surface area contributed by atoms with E-state index in [9.17, 15) is 24.8 Å². The molecule has 0 saturated carbocycles. The highest BCUT2D eigenvalue weighted by Gasteiger charge is 2.48. The second-order valence-electron chi connectivity index (χ2n) is 7.72. The average molecular weight is 472 g/mol. The summed E-state index contributed by atoms with van der Waals surface area (Å²) in [5.41, 5.74) is 1.89. The molecule has 1 aliphatic heterocycles. The molecule has 1 N–H and O–H groups in total. The fraction of sp³-hybridized carbons (Fsp3) is 0.0833. The highest BCUT2D eigenvalue weighted by molar-refractivity contribution is 7.22. The van der Waals surface area contributed by atoms with Crippen LogP contribution in [0.3, 0.4) is 0 Å². The standard InChI is InChI=1S/C24H16N4O5S/c1-13-5-6-17-18(11-13)34-24(26-17)27-20(15-3-2-4-16(12-15)28(32)33)19(22(30)23(27)31)21(29)14-7-9-25-10-8-14/h2-12,20,29H,1H3/b21-19+. The van der Waals surface area contributed by atoms with E-state index >= 15 is 0 Å². The average Bonchev–Trinajstić information content (AvgIpc) is 3.37. The van der Waals surface area contributed by atoms with Crippen LogP contribution in [0.2, 0.25) is 0 Å². The predicted octanol–water partition coefficient (Wildman–Crippen LogP) is 4.53. The first-order chi connectivity index (χ1) is 16.3. The number of hydrogen-bond donors (Lipinski definition) is 1. The minimum Gasteiger partial charge on any atom is -0.507 e. The minimum absolute atomic E-state index is 0.174. The van der Waals surface area contributed by atoms with Crippen LogP contribution in [0.15, 0.2) is 72.6 Å². The van der Waals surface area contributed by atoms with Gasteiger partial charge in [0.2, 0.25) is 0 Å². The van der Waals surface area contributed by atoms with Crippen molar-refractivity contribution >= 4 is 49.8 Å². The summed E-state index contributed by atoms with van der Waals surface area (Å²) < 4.78 is 0.823. The molecule has 1 fully saturated rings. The van der Waals surface area contributed by atoms with E-state index in [2.05, 4.69) is 9.97 Å². The van der Waals surface area contributed by atoms with Crippen molar-refractivity contribution in [2.45, 2.75) is 13.0 Å². The van der Waals surface area contributed by atoms with Crippen molar-refractivity contribution < 1.29 is 19.6 Å². The molecule has 1 amide bonds. The van der Waals surface area contributed by atoms with Crippen LogP contribution < -0.4 is 4.90 Å². The normalized spacial score (nSPS) is 17.4. The van der Waals surface area contributed by atoms with Gasteiger partial charge in [0.25, 0.3) is 11.5 Å². The molecule has 0 spiro atoms. The number of nitro groups is 1. The molecule has 0 radical (unpaired) electrons. The van der Waals surface area contributed by atoms with Crippen molar-refractivity contribution in [2.24, 2.45) is 0 Å². The van der Waals surface area contributed by atoms with Gasteiger partial charge in [-0.05, 0) is 42.3 Å². The zero-order chi connectivity index (χ0) is 24.0. The molecule has 9 nitrogen and oxygen atoms in total. The van der Waals surface area contributed by atoms with E-state index in [-0.39, 0.29) is 16.4 Å². The van der Waals surface area contributed by atoms with Crippen LogP contribution in [0.25, 0.3) is 16.0 Å². The van der Waals surface area contributed by atoms with Gasteiger partial charge in [0.05, 0.1) is 26.8 Å². The summed E-state index contributed by atoms with van der Waals surface area (Å²) in [5, 5.41) is 22.7. The number of Topliss-reactive ketones (excluding diaryl/α,β-unsaturated/α-hetero) is 1. The third kappa shape index (κ3) is 3.50. The maximum Gasteiger partial charge on any atom is 0.301 e. The van der Waals surface area contributed by atoms with E-state index in [0.29, 0.717) is 16.6 Å². The molecule has 5 rings (SSSR count). The zero-order valence-corrected chi connectivity index (χ0v) is 18.5. The Bertz CT molecular complexity index is 1510. The number of anilines is 1. The van der Waals surface area contributed by atoms with Crippen LogP contribution in [-0.4, -0.2) is 31.7 Å². The van der Waals surface area contributed by atoms with Crippen LogP contribution in [0.5, 0.6) is 0 Å². The predicted molar refractivity (Wildman–Crippen MR) is 126 cm³/mol. The number of nitrogens with zero attached hydrogens (tertiary/aromatic N) is 4. The lowest BCUT2D eigenvalue weighted by Crippen LogP contribution is -2.29. The van der Waals surface area contributed by atoms with Gasteiger partial charge >= 0.3 is 5.91 Å². The number of non-ortho nitro benzene ring substituents is 1. The summed E-state index contributed by atoms with van der Waals surface area (Å²) in [5.74, 6) is -2.17. The maximum atomic E-state index is 13.2. The highest BCUT2D eigenvalue weighted by atomic mass is 32.1. The first kappa shape index (κ1) is 21.4. The molecule has 2 aromatic carbocycles. The smallest absolute Gasteiger partial charge is 0.301 e. The number of rotatable bonds is 4. The summed E-state index contributed by atoms with van der Waals surface area (Å²) in [7, 11) is 0. The van der Waals surface area contributed by atoms with Crippen LogP contribution in [0.4, 0.5) is 10.8 Å². The van der Waals surface area contributed by atoms with Crippen LogP contribution in [0.1, 0.15) is 22.7 Å². The molecule has 4 aromatic rings. The van der Waals surface area contributed by atoms with Gasteiger partial charge in [0, 0.05) is 30.1 Å². The summed E-state index contributed by atoms with van der Waals surface area (Å²) in [6.45, 7) is 1.93. The number of benzene rings is 2. The number of aromatic nitrogens is 2. The highest BCUT2D eigenvalue weighted by Crippen LogP contribution is 2.44. The number of hydrogen-bond acceptors (Lipinski definition) is 8. The number of aryl methyl sites for hydroxylation is 1. The zero-order valence-electron chi connectivity index (χ0n) is 17.7. The lowest BCUT2D eigenvalue weighted by atomic mass is 9.95.